The fraction of sp³-hybridized carbons (Fsp3) is 0.0714. The van der Waals surface area contributed by atoms with E-state index in [1.807, 2.05) is 37.4 Å². The lowest BCUT2D eigenvalue weighted by Gasteiger charge is -2.08. The number of hydrogen-bond acceptors (Lipinski definition) is 3. The largest absolute Gasteiger partial charge is 0.384 e. The van der Waals surface area contributed by atoms with E-state index in [9.17, 15) is 0 Å². The molecule has 0 aliphatic rings. The maximum absolute atomic E-state index is 7.70. The van der Waals surface area contributed by atoms with Crippen molar-refractivity contribution in [2.24, 2.45) is 5.73 Å². The van der Waals surface area contributed by atoms with Gasteiger partial charge in [-0.15, -0.1) is 0 Å². The molecule has 94 valence electrons. The number of hydrogen-bond donors (Lipinski definition) is 2. The number of nitrogens with zero attached hydrogens (tertiary/aromatic N) is 3. The number of nitrogens with two attached hydrogens (primary N) is 1. The molecule has 5 heteroatoms. The van der Waals surface area contributed by atoms with Crippen LogP contribution >= 0.6 is 0 Å². The summed E-state index contributed by atoms with van der Waals surface area (Å²) in [6.45, 7) is 1.97. The Bertz CT molecular complexity index is 772. The molecule has 2 aromatic heterocycles. The van der Waals surface area contributed by atoms with Gasteiger partial charge in [0.05, 0.1) is 11.7 Å². The predicted molar refractivity (Wildman–Crippen MR) is 74.6 cm³/mol. The Morgan fingerprint density at radius 1 is 1.32 bits per heavy atom. The van der Waals surface area contributed by atoms with Crippen molar-refractivity contribution in [2.75, 3.05) is 0 Å². The average Bonchev–Trinajstić information content (AvgIpc) is 2.84. The van der Waals surface area contributed by atoms with Crippen molar-refractivity contribution in [3.63, 3.8) is 0 Å². The Morgan fingerprint density at radius 3 is 2.79 bits per heavy atom. The second kappa shape index (κ2) is 4.20. The van der Waals surface area contributed by atoms with E-state index in [2.05, 4.69) is 10.1 Å². The van der Waals surface area contributed by atoms with Crippen LogP contribution in [0.2, 0.25) is 0 Å². The van der Waals surface area contributed by atoms with Gasteiger partial charge in [-0.05, 0) is 24.6 Å². The molecule has 0 fully saturated rings. The number of para-hydroxylation sites is 1. The van der Waals surface area contributed by atoms with Crippen LogP contribution in [-0.4, -0.2) is 20.6 Å². The van der Waals surface area contributed by atoms with E-state index in [0.717, 1.165) is 16.5 Å². The smallest absolute Gasteiger partial charge is 0.154 e. The molecule has 0 aliphatic heterocycles. The Hall–Kier alpha value is -2.69. The maximum Gasteiger partial charge on any atom is 0.154 e. The van der Waals surface area contributed by atoms with Crippen LogP contribution in [0.3, 0.4) is 0 Å². The summed E-state index contributed by atoms with van der Waals surface area (Å²) in [7, 11) is 0. The summed E-state index contributed by atoms with van der Waals surface area (Å²) in [5.74, 6) is 0.695. The number of nitrogens with one attached hydrogen (secondary N) is 1. The topological polar surface area (TPSA) is 80.6 Å². The van der Waals surface area contributed by atoms with Gasteiger partial charge in [0.1, 0.15) is 5.84 Å². The number of aromatic nitrogens is 3. The molecule has 0 saturated carbocycles. The van der Waals surface area contributed by atoms with Crippen molar-refractivity contribution >= 4 is 16.7 Å². The van der Waals surface area contributed by atoms with Crippen LogP contribution in [0.1, 0.15) is 11.1 Å². The number of aryl methyl sites for hydroxylation is 1. The third kappa shape index (κ3) is 1.95. The molecule has 0 unspecified atom stereocenters. The summed E-state index contributed by atoms with van der Waals surface area (Å²) in [5.41, 5.74) is 8.19. The first-order valence-electron chi connectivity index (χ1n) is 5.91. The highest BCUT2D eigenvalue weighted by molar-refractivity contribution is 6.07. The third-order valence-electron chi connectivity index (χ3n) is 2.94. The Balaban J connectivity index is 2.30. The van der Waals surface area contributed by atoms with Crippen LogP contribution in [0.15, 0.2) is 42.7 Å². The molecule has 0 amide bonds. The third-order valence-corrected chi connectivity index (χ3v) is 2.94. The molecule has 0 radical (unpaired) electrons. The van der Waals surface area contributed by atoms with E-state index in [1.54, 1.807) is 16.9 Å². The highest BCUT2D eigenvalue weighted by Crippen LogP contribution is 2.19. The molecular formula is C14H13N5. The van der Waals surface area contributed by atoms with Crippen molar-refractivity contribution in [1.29, 1.82) is 5.41 Å². The van der Waals surface area contributed by atoms with Gasteiger partial charge in [0, 0.05) is 17.1 Å². The molecule has 3 aromatic rings. The van der Waals surface area contributed by atoms with Gasteiger partial charge in [-0.25, -0.2) is 9.67 Å². The minimum Gasteiger partial charge on any atom is -0.384 e. The zero-order chi connectivity index (χ0) is 13.4. The molecule has 3 rings (SSSR count). The van der Waals surface area contributed by atoms with Crippen LogP contribution in [0, 0.1) is 12.3 Å². The quantitative estimate of drug-likeness (QED) is 0.540. The number of nitrogen functional groups attached to an aromatic ring is 1. The van der Waals surface area contributed by atoms with Gasteiger partial charge in [-0.3, -0.25) is 5.41 Å². The van der Waals surface area contributed by atoms with Gasteiger partial charge in [0.25, 0.3) is 0 Å². The average molecular weight is 251 g/mol. The molecule has 2 heterocycles. The van der Waals surface area contributed by atoms with Crippen molar-refractivity contribution in [1.82, 2.24) is 14.8 Å². The van der Waals surface area contributed by atoms with Crippen molar-refractivity contribution in [3.8, 4) is 5.82 Å². The van der Waals surface area contributed by atoms with Gasteiger partial charge in [0.2, 0.25) is 0 Å². The van der Waals surface area contributed by atoms with E-state index in [4.69, 9.17) is 11.1 Å². The summed E-state index contributed by atoms with van der Waals surface area (Å²) in [4.78, 5) is 4.55. The van der Waals surface area contributed by atoms with E-state index in [1.165, 1.54) is 0 Å². The normalized spacial score (nSPS) is 10.8. The minimum absolute atomic E-state index is 0.0312. The second-order valence-corrected chi connectivity index (χ2v) is 4.42. The molecule has 0 bridgehead atoms. The molecular weight excluding hydrogens is 238 g/mol. The van der Waals surface area contributed by atoms with Crippen LogP contribution in [-0.2, 0) is 0 Å². The summed E-state index contributed by atoms with van der Waals surface area (Å²) in [6, 6.07) is 9.43. The zero-order valence-corrected chi connectivity index (χ0v) is 10.5. The molecule has 3 N–H and O–H groups in total. The van der Waals surface area contributed by atoms with Crippen molar-refractivity contribution < 1.29 is 0 Å². The Morgan fingerprint density at radius 2 is 2.11 bits per heavy atom. The van der Waals surface area contributed by atoms with Gasteiger partial charge >= 0.3 is 0 Å². The highest BCUT2D eigenvalue weighted by atomic mass is 15.3. The summed E-state index contributed by atoms with van der Waals surface area (Å²) in [6.07, 6.45) is 3.66. The first-order valence-corrected chi connectivity index (χ1v) is 5.91. The van der Waals surface area contributed by atoms with Gasteiger partial charge < -0.3 is 5.73 Å². The van der Waals surface area contributed by atoms with Crippen LogP contribution in [0.25, 0.3) is 16.7 Å². The molecule has 0 aliphatic carbocycles. The van der Waals surface area contributed by atoms with Crippen LogP contribution < -0.4 is 5.73 Å². The van der Waals surface area contributed by atoms with Gasteiger partial charge in [-0.2, -0.15) is 5.10 Å². The summed E-state index contributed by atoms with van der Waals surface area (Å²) in [5, 5.41) is 12.8. The first-order chi connectivity index (χ1) is 9.15. The Labute approximate surface area is 110 Å². The fourth-order valence-corrected chi connectivity index (χ4v) is 2.04. The number of fused-ring (bicyclic) bond motifs is 1. The monoisotopic (exact) mass is 251 g/mol. The lowest BCUT2D eigenvalue weighted by Crippen LogP contribution is -2.13. The number of pyridine rings is 1. The van der Waals surface area contributed by atoms with Gasteiger partial charge in [-0.1, -0.05) is 18.2 Å². The molecule has 1 aromatic carbocycles. The fourth-order valence-electron chi connectivity index (χ4n) is 2.04. The molecule has 5 nitrogen and oxygen atoms in total. The molecule has 0 saturated heterocycles. The number of rotatable bonds is 2. The van der Waals surface area contributed by atoms with Crippen LogP contribution in [0.4, 0.5) is 0 Å². The van der Waals surface area contributed by atoms with Crippen molar-refractivity contribution in [3.05, 3.63) is 53.9 Å². The lowest BCUT2D eigenvalue weighted by molar-refractivity contribution is 0.852. The first kappa shape index (κ1) is 11.4. The standard InChI is InChI=1S/C14H13N5/c1-9-7-17-19(8-9)13-6-11(14(15)16)10-4-2-3-5-12(10)18-13/h2-8H,1H3,(H3,15,16). The predicted octanol–water partition coefficient (Wildman–Crippen LogP) is 2.01. The Kier molecular flexibility index (Phi) is 2.52. The zero-order valence-electron chi connectivity index (χ0n) is 10.5. The van der Waals surface area contributed by atoms with Gasteiger partial charge in [0.15, 0.2) is 5.82 Å². The highest BCUT2D eigenvalue weighted by Gasteiger charge is 2.09. The molecule has 19 heavy (non-hydrogen) atoms. The van der Waals surface area contributed by atoms with E-state index in [-0.39, 0.29) is 5.84 Å². The van der Waals surface area contributed by atoms with E-state index < -0.39 is 0 Å². The lowest BCUT2D eigenvalue weighted by atomic mass is 10.1. The minimum atomic E-state index is 0.0312. The van der Waals surface area contributed by atoms with Crippen molar-refractivity contribution in [2.45, 2.75) is 6.92 Å². The van der Waals surface area contributed by atoms with E-state index in [0.29, 0.717) is 11.4 Å². The van der Waals surface area contributed by atoms with E-state index >= 15 is 0 Å². The summed E-state index contributed by atoms with van der Waals surface area (Å²) >= 11 is 0. The SMILES string of the molecule is Cc1cnn(-c2cc(C(=N)N)c3ccccc3n2)c1. The number of amidine groups is 1. The van der Waals surface area contributed by atoms with Crippen LogP contribution in [0.5, 0.6) is 0 Å². The second-order valence-electron chi connectivity index (χ2n) is 4.42. The molecule has 0 spiro atoms. The maximum atomic E-state index is 7.70. The molecule has 0 atom stereocenters. The number of benzene rings is 1. The summed E-state index contributed by atoms with van der Waals surface area (Å²) < 4.78 is 1.69.